The van der Waals surface area contributed by atoms with Crippen LogP contribution in [0.25, 0.3) is 0 Å². The van der Waals surface area contributed by atoms with E-state index < -0.39 is 5.54 Å². The Labute approximate surface area is 110 Å². The molecule has 1 aliphatic heterocycles. The summed E-state index contributed by atoms with van der Waals surface area (Å²) in [7, 11) is 0. The van der Waals surface area contributed by atoms with Gasteiger partial charge in [-0.05, 0) is 13.0 Å². The van der Waals surface area contributed by atoms with E-state index in [4.69, 9.17) is 10.5 Å². The van der Waals surface area contributed by atoms with Gasteiger partial charge >= 0.3 is 0 Å². The number of carbonyl (C=O) groups excluding carboxylic acids is 1. The van der Waals surface area contributed by atoms with Crippen molar-refractivity contribution < 1.29 is 19.7 Å². The maximum absolute atomic E-state index is 11.3. The van der Waals surface area contributed by atoms with E-state index in [1.165, 1.54) is 0 Å². The van der Waals surface area contributed by atoms with E-state index in [1.807, 2.05) is 0 Å². The summed E-state index contributed by atoms with van der Waals surface area (Å²) in [4.78, 5) is 11.3. The van der Waals surface area contributed by atoms with Gasteiger partial charge in [-0.2, -0.15) is 0 Å². The lowest BCUT2D eigenvalue weighted by molar-refractivity contribution is -0.118. The molecule has 0 fully saturated rings. The van der Waals surface area contributed by atoms with E-state index in [0.717, 1.165) is 0 Å². The Bertz CT molecular complexity index is 500. The monoisotopic (exact) mass is 267 g/mol. The number of carbonyl (C=O) groups is 1. The Morgan fingerprint density at radius 2 is 2.16 bits per heavy atom. The Morgan fingerprint density at radius 3 is 2.79 bits per heavy atom. The standard InChI is InChI=1S/C12H17N3O4/c1-12(5-16,6-17)15-8-3-9-10(2-7(8)13)19-4-11(18)14-9/h2-3,15-17H,4-6,13H2,1H3,(H,14,18). The quantitative estimate of drug-likeness (QED) is 0.480. The van der Waals surface area contributed by atoms with Crippen LogP contribution in [0.1, 0.15) is 6.92 Å². The first-order chi connectivity index (χ1) is 8.97. The summed E-state index contributed by atoms with van der Waals surface area (Å²) in [6, 6.07) is 3.21. The number of aliphatic hydroxyl groups is 2. The minimum atomic E-state index is -0.901. The van der Waals surface area contributed by atoms with Crippen LogP contribution in [0.4, 0.5) is 17.1 Å². The van der Waals surface area contributed by atoms with Crippen molar-refractivity contribution in [1.29, 1.82) is 0 Å². The number of nitrogens with one attached hydrogen (secondary N) is 2. The number of rotatable bonds is 4. The highest BCUT2D eigenvalue weighted by atomic mass is 16.5. The van der Waals surface area contributed by atoms with Crippen molar-refractivity contribution in [3.05, 3.63) is 12.1 Å². The van der Waals surface area contributed by atoms with Gasteiger partial charge in [-0.3, -0.25) is 4.79 Å². The first-order valence-electron chi connectivity index (χ1n) is 5.83. The summed E-state index contributed by atoms with van der Waals surface area (Å²) >= 11 is 0. The highest BCUT2D eigenvalue weighted by Gasteiger charge is 2.24. The molecular weight excluding hydrogens is 250 g/mol. The molecule has 0 aliphatic carbocycles. The zero-order valence-corrected chi connectivity index (χ0v) is 10.6. The largest absolute Gasteiger partial charge is 0.482 e. The van der Waals surface area contributed by atoms with Gasteiger partial charge in [-0.1, -0.05) is 0 Å². The summed E-state index contributed by atoms with van der Waals surface area (Å²) in [5, 5.41) is 24.1. The molecule has 104 valence electrons. The zero-order chi connectivity index (χ0) is 14.0. The number of nitrogens with two attached hydrogens (primary N) is 1. The smallest absolute Gasteiger partial charge is 0.262 e. The molecule has 0 radical (unpaired) electrons. The molecule has 0 aromatic heterocycles. The molecule has 7 nitrogen and oxygen atoms in total. The number of aliphatic hydroxyl groups excluding tert-OH is 2. The first-order valence-corrected chi connectivity index (χ1v) is 5.83. The lowest BCUT2D eigenvalue weighted by atomic mass is 10.0. The molecule has 0 saturated carbocycles. The molecule has 0 bridgehead atoms. The first kappa shape index (κ1) is 13.4. The molecule has 1 aromatic rings. The Balaban J connectivity index is 2.31. The summed E-state index contributed by atoms with van der Waals surface area (Å²) in [5.41, 5.74) is 6.40. The molecule has 1 aromatic carbocycles. The van der Waals surface area contributed by atoms with Crippen LogP contribution in [-0.2, 0) is 4.79 Å². The molecule has 6 N–H and O–H groups in total. The molecule has 0 spiro atoms. The van der Waals surface area contributed by atoms with Crippen LogP contribution < -0.4 is 21.1 Å². The van der Waals surface area contributed by atoms with E-state index in [-0.39, 0.29) is 25.7 Å². The number of benzene rings is 1. The minimum absolute atomic E-state index is 0.0375. The van der Waals surface area contributed by atoms with Gasteiger partial charge in [-0.25, -0.2) is 0 Å². The van der Waals surface area contributed by atoms with Crippen LogP contribution in [0.2, 0.25) is 0 Å². The molecule has 7 heteroatoms. The average Bonchev–Trinajstić information content (AvgIpc) is 2.40. The van der Waals surface area contributed by atoms with Gasteiger partial charge in [-0.15, -0.1) is 0 Å². The molecule has 1 aliphatic rings. The fourth-order valence-corrected chi connectivity index (χ4v) is 1.70. The van der Waals surface area contributed by atoms with E-state index in [2.05, 4.69) is 10.6 Å². The van der Waals surface area contributed by atoms with E-state index in [0.29, 0.717) is 22.8 Å². The fraction of sp³-hybridized carbons (Fsp3) is 0.417. The van der Waals surface area contributed by atoms with Crippen LogP contribution in [0.5, 0.6) is 5.75 Å². The molecule has 1 heterocycles. The lowest BCUT2D eigenvalue weighted by Crippen LogP contribution is -2.42. The second-order valence-electron chi connectivity index (χ2n) is 4.77. The van der Waals surface area contributed by atoms with E-state index >= 15 is 0 Å². The number of hydrogen-bond acceptors (Lipinski definition) is 6. The third-order valence-electron chi connectivity index (χ3n) is 2.92. The SMILES string of the molecule is CC(CO)(CO)Nc1cc2c(cc1N)OCC(=O)N2. The second-order valence-corrected chi connectivity index (χ2v) is 4.77. The maximum atomic E-state index is 11.3. The highest BCUT2D eigenvalue weighted by Crippen LogP contribution is 2.36. The van der Waals surface area contributed by atoms with Crippen molar-refractivity contribution >= 4 is 23.0 Å². The molecule has 1 amide bonds. The number of nitrogen functional groups attached to an aromatic ring is 1. The predicted octanol–water partition coefficient (Wildman–Crippen LogP) is -0.245. The van der Waals surface area contributed by atoms with Gasteiger partial charge < -0.3 is 31.3 Å². The summed E-state index contributed by atoms with van der Waals surface area (Å²) < 4.78 is 5.24. The fourth-order valence-electron chi connectivity index (χ4n) is 1.70. The normalized spacial score (nSPS) is 14.4. The predicted molar refractivity (Wildman–Crippen MR) is 71.2 cm³/mol. The second kappa shape index (κ2) is 4.94. The van der Waals surface area contributed by atoms with Crippen LogP contribution in [0.15, 0.2) is 12.1 Å². The van der Waals surface area contributed by atoms with E-state index in [1.54, 1.807) is 19.1 Å². The van der Waals surface area contributed by atoms with Crippen molar-refractivity contribution in [2.45, 2.75) is 12.5 Å². The van der Waals surface area contributed by atoms with Crippen molar-refractivity contribution in [1.82, 2.24) is 0 Å². The van der Waals surface area contributed by atoms with Crippen LogP contribution in [0.3, 0.4) is 0 Å². The molecule has 0 unspecified atom stereocenters. The highest BCUT2D eigenvalue weighted by molar-refractivity contribution is 5.97. The Hall–Kier alpha value is -1.99. The van der Waals surface area contributed by atoms with Gasteiger partial charge in [0.15, 0.2) is 6.61 Å². The average molecular weight is 267 g/mol. The molecule has 19 heavy (non-hydrogen) atoms. The van der Waals surface area contributed by atoms with Crippen molar-refractivity contribution in [3.63, 3.8) is 0 Å². The Kier molecular flexibility index (Phi) is 3.50. The van der Waals surface area contributed by atoms with Crippen molar-refractivity contribution in [2.75, 3.05) is 36.2 Å². The van der Waals surface area contributed by atoms with Crippen molar-refractivity contribution in [3.8, 4) is 5.75 Å². The minimum Gasteiger partial charge on any atom is -0.482 e. The van der Waals surface area contributed by atoms with Gasteiger partial charge in [0.1, 0.15) is 5.75 Å². The summed E-state index contributed by atoms with van der Waals surface area (Å²) in [6.45, 7) is 1.09. The third kappa shape index (κ3) is 2.72. The zero-order valence-electron chi connectivity index (χ0n) is 10.6. The maximum Gasteiger partial charge on any atom is 0.262 e. The number of ether oxygens (including phenoxy) is 1. The van der Waals surface area contributed by atoms with Crippen LogP contribution >= 0.6 is 0 Å². The number of anilines is 3. The summed E-state index contributed by atoms with van der Waals surface area (Å²) in [5.74, 6) is 0.257. The van der Waals surface area contributed by atoms with Gasteiger partial charge in [0.2, 0.25) is 0 Å². The van der Waals surface area contributed by atoms with Gasteiger partial charge in [0.25, 0.3) is 5.91 Å². The van der Waals surface area contributed by atoms with E-state index in [9.17, 15) is 15.0 Å². The molecule has 0 saturated heterocycles. The number of fused-ring (bicyclic) bond motifs is 1. The lowest BCUT2D eigenvalue weighted by Gasteiger charge is -2.29. The third-order valence-corrected chi connectivity index (χ3v) is 2.92. The van der Waals surface area contributed by atoms with Gasteiger partial charge in [0, 0.05) is 6.07 Å². The number of hydrogen-bond donors (Lipinski definition) is 5. The Morgan fingerprint density at radius 1 is 1.47 bits per heavy atom. The van der Waals surface area contributed by atoms with Crippen molar-refractivity contribution in [2.24, 2.45) is 0 Å². The van der Waals surface area contributed by atoms with Gasteiger partial charge in [0.05, 0.1) is 35.8 Å². The summed E-state index contributed by atoms with van der Waals surface area (Å²) in [6.07, 6.45) is 0. The topological polar surface area (TPSA) is 117 Å². The van der Waals surface area contributed by atoms with Crippen LogP contribution in [-0.4, -0.2) is 41.5 Å². The molecule has 0 atom stereocenters. The molecule has 2 rings (SSSR count). The van der Waals surface area contributed by atoms with Crippen LogP contribution in [0, 0.1) is 0 Å². The molecular formula is C12H17N3O4. The number of amides is 1.